The summed E-state index contributed by atoms with van der Waals surface area (Å²) in [6.45, 7) is 2.20. The predicted molar refractivity (Wildman–Crippen MR) is 242 cm³/mol. The van der Waals surface area contributed by atoms with Gasteiger partial charge in [0, 0.05) is 12.8 Å². The number of rotatable bonds is 45. The Balaban J connectivity index is 3.89. The van der Waals surface area contributed by atoms with Crippen molar-refractivity contribution in [2.24, 2.45) is 0 Å². The molecule has 59 heavy (non-hydrogen) atoms. The van der Waals surface area contributed by atoms with Crippen LogP contribution in [0.3, 0.4) is 0 Å². The van der Waals surface area contributed by atoms with E-state index in [2.05, 4.69) is 50.3 Å². The van der Waals surface area contributed by atoms with Gasteiger partial charge in [-0.1, -0.05) is 172 Å². The molecule has 0 amide bonds. The number of carbonyl (C=O) groups is 2. The van der Waals surface area contributed by atoms with Crippen molar-refractivity contribution >= 4 is 19.8 Å². The van der Waals surface area contributed by atoms with E-state index in [1.54, 1.807) is 0 Å². The average molecular weight is 857 g/mol. The summed E-state index contributed by atoms with van der Waals surface area (Å²) in [5, 5.41) is 19.2. The maximum absolute atomic E-state index is 12.4. The van der Waals surface area contributed by atoms with Crippen LogP contribution >= 0.6 is 7.82 Å². The molecule has 0 aromatic carbocycles. The summed E-state index contributed by atoms with van der Waals surface area (Å²) in [6, 6.07) is 0. The molecule has 0 aliphatic carbocycles. The van der Waals surface area contributed by atoms with Gasteiger partial charge in [0.15, 0.2) is 0 Å². The summed E-state index contributed by atoms with van der Waals surface area (Å²) >= 11 is 0. The highest BCUT2D eigenvalue weighted by Crippen LogP contribution is 2.43. The molecule has 0 aliphatic heterocycles. The third kappa shape index (κ3) is 42.7. The highest BCUT2D eigenvalue weighted by atomic mass is 31.2. The van der Waals surface area contributed by atoms with E-state index in [0.717, 1.165) is 57.8 Å². The van der Waals surface area contributed by atoms with E-state index in [-0.39, 0.29) is 12.8 Å². The summed E-state index contributed by atoms with van der Waals surface area (Å²) < 4.78 is 32.7. The molecular weight excluding hydrogens is 767 g/mol. The fourth-order valence-electron chi connectivity index (χ4n) is 6.61. The molecule has 0 saturated carbocycles. The van der Waals surface area contributed by atoms with Crippen LogP contribution < -0.4 is 0 Å². The summed E-state index contributed by atoms with van der Waals surface area (Å²) in [5.74, 6) is -1.03. The third-order valence-electron chi connectivity index (χ3n) is 10.3. The molecule has 0 radical (unpaired) electrons. The standard InChI is InChI=1S/C48H89O10P/c1-3-5-7-9-11-13-15-17-19-21-23-25-27-29-31-33-35-37-39-47(51)57-45(41-49)43-55-59(53,54)56-44-46(42-50)58-48(52)40-38-36-34-32-30-28-26-24-22-20-18-16-14-12-10-8-6-4-2/h13,15,19-22,45-46,49-50H,3-12,14,16-18,23-44H2,1-2H3,(H,53,54)/b15-13-,21-19-,22-20-. The van der Waals surface area contributed by atoms with Crippen LogP contribution in [0.4, 0.5) is 0 Å². The van der Waals surface area contributed by atoms with Gasteiger partial charge in [-0.25, -0.2) is 4.57 Å². The molecule has 3 unspecified atom stereocenters. The van der Waals surface area contributed by atoms with Gasteiger partial charge in [-0.2, -0.15) is 0 Å². The molecule has 346 valence electrons. The number of hydrogen-bond acceptors (Lipinski definition) is 9. The first-order chi connectivity index (χ1) is 28.8. The minimum atomic E-state index is -4.64. The van der Waals surface area contributed by atoms with Crippen LogP contribution in [-0.2, 0) is 32.7 Å². The van der Waals surface area contributed by atoms with E-state index in [1.165, 1.54) is 122 Å². The molecule has 0 aromatic rings. The number of aliphatic hydroxyl groups excluding tert-OH is 2. The van der Waals surface area contributed by atoms with Gasteiger partial charge in [0.1, 0.15) is 12.2 Å². The van der Waals surface area contributed by atoms with Crippen LogP contribution in [0, 0.1) is 0 Å². The maximum atomic E-state index is 12.4. The number of unbranched alkanes of at least 4 members (excludes halogenated alkanes) is 25. The van der Waals surface area contributed by atoms with Crippen molar-refractivity contribution in [3.05, 3.63) is 36.5 Å². The highest BCUT2D eigenvalue weighted by Gasteiger charge is 2.27. The van der Waals surface area contributed by atoms with Crippen LogP contribution in [0.25, 0.3) is 0 Å². The minimum Gasteiger partial charge on any atom is -0.457 e. The predicted octanol–water partition coefficient (Wildman–Crippen LogP) is 13.1. The summed E-state index contributed by atoms with van der Waals surface area (Å²) in [6.07, 6.45) is 46.8. The molecule has 3 N–H and O–H groups in total. The van der Waals surface area contributed by atoms with Crippen LogP contribution in [0.1, 0.15) is 219 Å². The molecule has 0 bridgehead atoms. The summed E-state index contributed by atoms with van der Waals surface area (Å²) in [4.78, 5) is 34.6. The Morgan fingerprint density at radius 3 is 1.08 bits per heavy atom. The molecule has 0 saturated heterocycles. The SMILES string of the molecule is CCCCCC/C=C\C/C=C\CCCCCCCCCC(=O)OC(CO)COP(=O)(O)OCC(CO)OC(=O)CCCCCCCCC/C=C\CCCCCCCCC. The molecule has 0 heterocycles. The van der Waals surface area contributed by atoms with E-state index in [4.69, 9.17) is 18.5 Å². The van der Waals surface area contributed by atoms with Crippen molar-refractivity contribution in [2.75, 3.05) is 26.4 Å². The minimum absolute atomic E-state index is 0.183. The number of carbonyl (C=O) groups excluding carboxylic acids is 2. The lowest BCUT2D eigenvalue weighted by Gasteiger charge is -2.20. The van der Waals surface area contributed by atoms with Crippen molar-refractivity contribution in [3.8, 4) is 0 Å². The molecule has 0 rings (SSSR count). The van der Waals surface area contributed by atoms with Crippen LogP contribution in [0.2, 0.25) is 0 Å². The van der Waals surface area contributed by atoms with E-state index in [0.29, 0.717) is 12.8 Å². The zero-order chi connectivity index (χ0) is 43.3. The Morgan fingerprint density at radius 1 is 0.458 bits per heavy atom. The lowest BCUT2D eigenvalue weighted by atomic mass is 10.1. The fourth-order valence-corrected chi connectivity index (χ4v) is 7.39. The Kier molecular flexibility index (Phi) is 42.9. The zero-order valence-electron chi connectivity index (χ0n) is 37.7. The van der Waals surface area contributed by atoms with Gasteiger partial charge in [-0.15, -0.1) is 0 Å². The van der Waals surface area contributed by atoms with Crippen molar-refractivity contribution in [1.29, 1.82) is 0 Å². The van der Waals surface area contributed by atoms with E-state index in [1.807, 2.05) is 0 Å². The van der Waals surface area contributed by atoms with Gasteiger partial charge >= 0.3 is 19.8 Å². The quantitative estimate of drug-likeness (QED) is 0.0234. The molecule has 11 heteroatoms. The van der Waals surface area contributed by atoms with Gasteiger partial charge in [0.2, 0.25) is 0 Å². The zero-order valence-corrected chi connectivity index (χ0v) is 38.6. The highest BCUT2D eigenvalue weighted by molar-refractivity contribution is 7.47. The topological polar surface area (TPSA) is 149 Å². The number of allylic oxidation sites excluding steroid dienone is 6. The number of esters is 2. The second kappa shape index (κ2) is 44.3. The average Bonchev–Trinajstić information content (AvgIpc) is 3.22. The van der Waals surface area contributed by atoms with Crippen molar-refractivity contribution in [2.45, 2.75) is 232 Å². The number of hydrogen-bond donors (Lipinski definition) is 3. The number of aliphatic hydroxyl groups is 2. The van der Waals surface area contributed by atoms with Gasteiger partial charge in [-0.05, 0) is 70.6 Å². The van der Waals surface area contributed by atoms with Gasteiger partial charge in [0.25, 0.3) is 0 Å². The van der Waals surface area contributed by atoms with Crippen molar-refractivity contribution in [3.63, 3.8) is 0 Å². The van der Waals surface area contributed by atoms with Gasteiger partial charge < -0.3 is 24.6 Å². The molecule has 0 aliphatic rings. The second-order valence-electron chi connectivity index (χ2n) is 16.1. The second-order valence-corrected chi connectivity index (χ2v) is 17.5. The van der Waals surface area contributed by atoms with Crippen molar-refractivity contribution < 1.29 is 47.8 Å². The van der Waals surface area contributed by atoms with E-state index >= 15 is 0 Å². The lowest BCUT2D eigenvalue weighted by Crippen LogP contribution is -2.28. The first-order valence-corrected chi connectivity index (χ1v) is 25.4. The number of phosphoric ester groups is 1. The smallest absolute Gasteiger partial charge is 0.457 e. The molecule has 0 fully saturated rings. The van der Waals surface area contributed by atoms with Crippen LogP contribution in [0.5, 0.6) is 0 Å². The number of phosphoric acid groups is 1. The number of ether oxygens (including phenoxy) is 2. The Hall–Kier alpha value is -1.81. The first kappa shape index (κ1) is 57.2. The molecule has 10 nitrogen and oxygen atoms in total. The third-order valence-corrected chi connectivity index (χ3v) is 11.3. The Morgan fingerprint density at radius 2 is 0.746 bits per heavy atom. The van der Waals surface area contributed by atoms with Gasteiger partial charge in [0.05, 0.1) is 26.4 Å². The van der Waals surface area contributed by atoms with E-state index in [9.17, 15) is 29.3 Å². The fraction of sp³-hybridized carbons (Fsp3) is 0.833. The Labute approximate surface area is 361 Å². The molecular formula is C48H89O10P. The van der Waals surface area contributed by atoms with E-state index < -0.39 is 58.4 Å². The van der Waals surface area contributed by atoms with Crippen molar-refractivity contribution in [1.82, 2.24) is 0 Å². The monoisotopic (exact) mass is 857 g/mol. The molecule has 0 spiro atoms. The maximum Gasteiger partial charge on any atom is 0.472 e. The van der Waals surface area contributed by atoms with Gasteiger partial charge in [-0.3, -0.25) is 18.6 Å². The first-order valence-electron chi connectivity index (χ1n) is 23.9. The van der Waals surface area contributed by atoms with Crippen LogP contribution in [0.15, 0.2) is 36.5 Å². The Bertz CT molecular complexity index is 1080. The normalized spacial score (nSPS) is 14.1. The van der Waals surface area contributed by atoms with Crippen LogP contribution in [-0.4, -0.2) is 65.7 Å². The lowest BCUT2D eigenvalue weighted by molar-refractivity contribution is -0.153. The molecule has 3 atom stereocenters. The summed E-state index contributed by atoms with van der Waals surface area (Å²) in [7, 11) is -4.64. The summed E-state index contributed by atoms with van der Waals surface area (Å²) in [5.41, 5.74) is 0. The largest absolute Gasteiger partial charge is 0.472 e. The molecule has 0 aromatic heterocycles.